The lowest BCUT2D eigenvalue weighted by atomic mass is 10.6. The fourth-order valence-corrected chi connectivity index (χ4v) is 0.485. The summed E-state index contributed by atoms with van der Waals surface area (Å²) in [6.07, 6.45) is -4.01. The Morgan fingerprint density at radius 3 is 2.30 bits per heavy atom. The Kier molecular flexibility index (Phi) is 2.55. The van der Waals surface area contributed by atoms with Gasteiger partial charge in [-0.05, 0) is 0 Å². The molecule has 0 aliphatic carbocycles. The summed E-state index contributed by atoms with van der Waals surface area (Å²) in [4.78, 5) is 8.34. The first-order chi connectivity index (χ1) is 4.74. The van der Waals surface area contributed by atoms with Crippen LogP contribution in [0.1, 0.15) is 0 Å². The lowest BCUT2D eigenvalue weighted by Gasteiger charge is -2.27. The topological polar surface area (TPSA) is 88.4 Å². The van der Waals surface area contributed by atoms with Crippen LogP contribution in [-0.4, -0.2) is 40.8 Å². The molecule has 0 aromatic heterocycles. The standard InChI is InChI=1S/C4H8O6/c5-1-2-8-3(6)4(7)10-9-2/h2-7H,1H2. The van der Waals surface area contributed by atoms with Crippen molar-refractivity contribution in [2.45, 2.75) is 18.9 Å². The second-order valence-electron chi connectivity index (χ2n) is 1.72. The van der Waals surface area contributed by atoms with Crippen molar-refractivity contribution in [3.05, 3.63) is 0 Å². The number of aliphatic hydroxyl groups excluding tert-OH is 3. The van der Waals surface area contributed by atoms with E-state index in [2.05, 4.69) is 14.5 Å². The van der Waals surface area contributed by atoms with Gasteiger partial charge in [0.1, 0.15) is 0 Å². The zero-order valence-electron chi connectivity index (χ0n) is 5.01. The van der Waals surface area contributed by atoms with E-state index in [1.165, 1.54) is 0 Å². The summed E-state index contributed by atoms with van der Waals surface area (Å²) < 4.78 is 4.46. The Bertz CT molecular complexity index is 106. The smallest absolute Gasteiger partial charge is 0.240 e. The van der Waals surface area contributed by atoms with E-state index in [9.17, 15) is 0 Å². The molecule has 0 aromatic rings. The third-order valence-corrected chi connectivity index (χ3v) is 0.946. The van der Waals surface area contributed by atoms with Crippen molar-refractivity contribution >= 4 is 0 Å². The molecule has 0 spiro atoms. The fourth-order valence-electron chi connectivity index (χ4n) is 0.485. The second-order valence-corrected chi connectivity index (χ2v) is 1.72. The molecule has 0 bridgehead atoms. The van der Waals surface area contributed by atoms with E-state index >= 15 is 0 Å². The van der Waals surface area contributed by atoms with E-state index < -0.39 is 25.5 Å². The Labute approximate surface area is 56.5 Å². The van der Waals surface area contributed by atoms with Crippen LogP contribution in [-0.2, 0) is 14.5 Å². The molecule has 3 N–H and O–H groups in total. The summed E-state index contributed by atoms with van der Waals surface area (Å²) in [6.45, 7) is -0.441. The molecule has 60 valence electrons. The van der Waals surface area contributed by atoms with Crippen molar-refractivity contribution in [2.75, 3.05) is 6.61 Å². The SMILES string of the molecule is OCC1OOC(O)C(O)O1. The van der Waals surface area contributed by atoms with Gasteiger partial charge in [0.15, 0.2) is 0 Å². The second kappa shape index (κ2) is 3.24. The van der Waals surface area contributed by atoms with E-state index in [1.807, 2.05) is 0 Å². The summed E-state index contributed by atoms with van der Waals surface area (Å²) in [7, 11) is 0. The summed E-state index contributed by atoms with van der Waals surface area (Å²) in [5, 5.41) is 25.7. The molecule has 0 radical (unpaired) electrons. The maximum atomic E-state index is 8.69. The quantitative estimate of drug-likeness (QED) is 0.374. The fraction of sp³-hybridized carbons (Fsp3) is 1.00. The molecule has 1 aliphatic rings. The van der Waals surface area contributed by atoms with Crippen molar-refractivity contribution in [1.82, 2.24) is 0 Å². The first kappa shape index (κ1) is 7.86. The lowest BCUT2D eigenvalue weighted by molar-refractivity contribution is -0.516. The van der Waals surface area contributed by atoms with Crippen LogP contribution >= 0.6 is 0 Å². The van der Waals surface area contributed by atoms with Gasteiger partial charge >= 0.3 is 0 Å². The van der Waals surface area contributed by atoms with Crippen molar-refractivity contribution < 1.29 is 29.8 Å². The molecule has 1 fully saturated rings. The van der Waals surface area contributed by atoms with Gasteiger partial charge in [0.25, 0.3) is 0 Å². The summed E-state index contributed by atoms with van der Waals surface area (Å²) >= 11 is 0. The van der Waals surface area contributed by atoms with Crippen LogP contribution in [0.4, 0.5) is 0 Å². The predicted molar refractivity (Wildman–Crippen MR) is 26.1 cm³/mol. The highest BCUT2D eigenvalue weighted by molar-refractivity contribution is 4.49. The van der Waals surface area contributed by atoms with Crippen LogP contribution in [0.5, 0.6) is 0 Å². The zero-order chi connectivity index (χ0) is 7.56. The number of aliphatic hydroxyl groups is 3. The molecule has 0 aromatic carbocycles. The highest BCUT2D eigenvalue weighted by Gasteiger charge is 2.29. The van der Waals surface area contributed by atoms with Gasteiger partial charge in [0.05, 0.1) is 6.61 Å². The summed E-state index contributed by atoms with van der Waals surface area (Å²) in [6, 6.07) is 0. The third-order valence-electron chi connectivity index (χ3n) is 0.946. The molecule has 6 heteroatoms. The Hall–Kier alpha value is -0.240. The van der Waals surface area contributed by atoms with Crippen LogP contribution in [0.3, 0.4) is 0 Å². The van der Waals surface area contributed by atoms with Gasteiger partial charge in [0, 0.05) is 0 Å². The third kappa shape index (κ3) is 1.63. The van der Waals surface area contributed by atoms with Crippen molar-refractivity contribution in [1.29, 1.82) is 0 Å². The molecule has 0 amide bonds. The largest absolute Gasteiger partial charge is 0.391 e. The maximum Gasteiger partial charge on any atom is 0.240 e. The van der Waals surface area contributed by atoms with E-state index in [0.29, 0.717) is 0 Å². The molecule has 1 heterocycles. The van der Waals surface area contributed by atoms with E-state index in [4.69, 9.17) is 15.3 Å². The number of ether oxygens (including phenoxy) is 1. The zero-order valence-corrected chi connectivity index (χ0v) is 5.01. The Morgan fingerprint density at radius 1 is 1.10 bits per heavy atom. The lowest BCUT2D eigenvalue weighted by Crippen LogP contribution is -2.43. The van der Waals surface area contributed by atoms with Gasteiger partial charge < -0.3 is 20.1 Å². The molecule has 3 unspecified atom stereocenters. The predicted octanol–water partition coefficient (Wildman–Crippen LogP) is -2.08. The van der Waals surface area contributed by atoms with Crippen LogP contribution in [0.15, 0.2) is 0 Å². The van der Waals surface area contributed by atoms with Crippen LogP contribution in [0.25, 0.3) is 0 Å². The minimum Gasteiger partial charge on any atom is -0.391 e. The first-order valence-electron chi connectivity index (χ1n) is 2.68. The maximum absolute atomic E-state index is 8.69. The average Bonchev–Trinajstić information content (AvgIpc) is 1.95. The van der Waals surface area contributed by atoms with Crippen LogP contribution in [0.2, 0.25) is 0 Å². The van der Waals surface area contributed by atoms with Crippen LogP contribution < -0.4 is 0 Å². The molecular weight excluding hydrogens is 144 g/mol. The molecule has 6 nitrogen and oxygen atoms in total. The van der Waals surface area contributed by atoms with Crippen molar-refractivity contribution in [2.24, 2.45) is 0 Å². The average molecular weight is 152 g/mol. The van der Waals surface area contributed by atoms with Gasteiger partial charge in [-0.3, -0.25) is 0 Å². The van der Waals surface area contributed by atoms with E-state index in [0.717, 1.165) is 0 Å². The van der Waals surface area contributed by atoms with Crippen molar-refractivity contribution in [3.63, 3.8) is 0 Å². The molecule has 10 heavy (non-hydrogen) atoms. The van der Waals surface area contributed by atoms with E-state index in [-0.39, 0.29) is 0 Å². The van der Waals surface area contributed by atoms with Crippen molar-refractivity contribution in [3.8, 4) is 0 Å². The van der Waals surface area contributed by atoms with Gasteiger partial charge in [0.2, 0.25) is 18.9 Å². The van der Waals surface area contributed by atoms with Gasteiger partial charge in [-0.15, -0.1) is 0 Å². The molecule has 3 atom stereocenters. The molecular formula is C4H8O6. The summed E-state index contributed by atoms with van der Waals surface area (Å²) in [5.41, 5.74) is 0. The molecule has 1 saturated heterocycles. The minimum absolute atomic E-state index is 0.441. The van der Waals surface area contributed by atoms with Gasteiger partial charge in [-0.2, -0.15) is 9.78 Å². The Balaban J connectivity index is 2.33. The number of rotatable bonds is 1. The van der Waals surface area contributed by atoms with Gasteiger partial charge in [-0.1, -0.05) is 0 Å². The number of hydrogen-bond acceptors (Lipinski definition) is 6. The van der Waals surface area contributed by atoms with E-state index in [1.54, 1.807) is 0 Å². The minimum atomic E-state index is -1.51. The normalized spacial score (nSPS) is 41.7. The van der Waals surface area contributed by atoms with Gasteiger partial charge in [-0.25, -0.2) is 0 Å². The Morgan fingerprint density at radius 2 is 1.80 bits per heavy atom. The highest BCUT2D eigenvalue weighted by atomic mass is 17.3. The number of hydrogen-bond donors (Lipinski definition) is 3. The molecule has 1 rings (SSSR count). The first-order valence-corrected chi connectivity index (χ1v) is 2.68. The summed E-state index contributed by atoms with van der Waals surface area (Å²) in [5.74, 6) is 0. The molecule has 0 saturated carbocycles. The molecule has 1 aliphatic heterocycles. The monoisotopic (exact) mass is 152 g/mol. The highest BCUT2D eigenvalue weighted by Crippen LogP contribution is 2.11. The van der Waals surface area contributed by atoms with Crippen LogP contribution in [0, 0.1) is 0 Å².